The molecule has 2 unspecified atom stereocenters. The summed E-state index contributed by atoms with van der Waals surface area (Å²) in [5.74, 6) is -1.38. The maximum atomic E-state index is 12.9. The molecule has 8 heteroatoms. The van der Waals surface area contributed by atoms with Crippen LogP contribution < -0.4 is 4.74 Å². The van der Waals surface area contributed by atoms with Crippen LogP contribution in [-0.4, -0.2) is 48.0 Å². The van der Waals surface area contributed by atoms with Crippen LogP contribution in [0.15, 0.2) is 83.3 Å². The van der Waals surface area contributed by atoms with Crippen LogP contribution in [0.2, 0.25) is 0 Å². The molecule has 1 heterocycles. The Bertz CT molecular complexity index is 1190. The second-order valence-electron chi connectivity index (χ2n) is 9.97. The third-order valence-corrected chi connectivity index (χ3v) is 7.96. The molecular weight excluding hydrogens is 538 g/mol. The zero-order valence-electron chi connectivity index (χ0n) is 24.1. The van der Waals surface area contributed by atoms with Crippen molar-refractivity contribution in [2.24, 2.45) is 4.40 Å². The molecule has 2 aromatic rings. The van der Waals surface area contributed by atoms with E-state index in [1.807, 2.05) is 49.4 Å². The highest BCUT2D eigenvalue weighted by molar-refractivity contribution is 7.99. The molecule has 0 aliphatic carbocycles. The van der Waals surface area contributed by atoms with Gasteiger partial charge in [-0.25, -0.2) is 9.19 Å². The molecule has 0 aromatic heterocycles. The van der Waals surface area contributed by atoms with Gasteiger partial charge in [0, 0.05) is 18.6 Å². The predicted molar refractivity (Wildman–Crippen MR) is 164 cm³/mol. The predicted octanol–water partition coefficient (Wildman–Crippen LogP) is 7.33. The van der Waals surface area contributed by atoms with Crippen molar-refractivity contribution in [2.75, 3.05) is 20.3 Å². The van der Waals surface area contributed by atoms with Crippen LogP contribution in [0.3, 0.4) is 0 Å². The van der Waals surface area contributed by atoms with E-state index in [0.29, 0.717) is 25.3 Å². The Kier molecular flexibility index (Phi) is 13.2. The topological polar surface area (TPSA) is 94.4 Å². The quantitative estimate of drug-likeness (QED) is 0.0855. The number of methoxy groups -OCH3 is 1. The van der Waals surface area contributed by atoms with Gasteiger partial charge in [0.1, 0.15) is 11.7 Å². The van der Waals surface area contributed by atoms with E-state index >= 15 is 0 Å². The molecule has 220 valence electrons. The maximum Gasteiger partial charge on any atom is 0.335 e. The van der Waals surface area contributed by atoms with Gasteiger partial charge in [-0.15, -0.1) is 0 Å². The average Bonchev–Trinajstić information content (AvgIpc) is 3.00. The fourth-order valence-corrected chi connectivity index (χ4v) is 5.37. The molecule has 2 atom stereocenters. The highest BCUT2D eigenvalue weighted by atomic mass is 32.2. The molecule has 3 rings (SSSR count). The van der Waals surface area contributed by atoms with Crippen LogP contribution in [0.5, 0.6) is 5.75 Å². The zero-order valence-corrected chi connectivity index (χ0v) is 24.9. The number of ether oxygens (including phenoxy) is 3. The van der Waals surface area contributed by atoms with Crippen molar-refractivity contribution in [1.29, 1.82) is 0 Å². The lowest BCUT2D eigenvalue weighted by Crippen LogP contribution is -2.35. The number of hydrogen-bond donors (Lipinski definition) is 1. The number of carbonyl (C=O) groups excluding carboxylic acids is 1. The summed E-state index contributed by atoms with van der Waals surface area (Å²) >= 11 is 0.977. The number of aliphatic carboxylic acids is 1. The van der Waals surface area contributed by atoms with E-state index in [1.165, 1.54) is 5.56 Å². The van der Waals surface area contributed by atoms with E-state index in [0.717, 1.165) is 68.2 Å². The number of unbranched alkanes of at least 4 members (excludes halogenated alkanes) is 5. The molecule has 2 aromatic carbocycles. The van der Waals surface area contributed by atoms with Gasteiger partial charge in [-0.2, -0.15) is 0 Å². The van der Waals surface area contributed by atoms with Crippen molar-refractivity contribution in [3.8, 4) is 5.75 Å². The standard InChI is InChI=1S/C33H41NO6S/c1-4-23-39-32(37)30(27-15-11-9-12-16-27)29-21-22-33(41-34-29,25(2)31(35)36)40-24-13-8-6-5-7-10-14-26-17-19-28(38-3)20-18-26/h9,11-12,15-22,30H,2,4-8,10,13-14,23-24H2,1,3H3,(H,35,36). The van der Waals surface area contributed by atoms with Crippen LogP contribution in [0, 0.1) is 0 Å². The monoisotopic (exact) mass is 579 g/mol. The fourth-order valence-electron chi connectivity index (χ4n) is 4.51. The van der Waals surface area contributed by atoms with Gasteiger partial charge in [0.05, 0.1) is 25.0 Å². The van der Waals surface area contributed by atoms with E-state index in [-0.39, 0.29) is 5.57 Å². The van der Waals surface area contributed by atoms with E-state index in [1.54, 1.807) is 19.3 Å². The molecule has 1 N–H and O–H groups in total. The Labute approximate surface area is 247 Å². The number of aryl methyl sites for hydroxylation is 1. The molecule has 0 amide bonds. The Balaban J connectivity index is 1.50. The molecule has 0 radical (unpaired) electrons. The van der Waals surface area contributed by atoms with Gasteiger partial charge >= 0.3 is 11.9 Å². The summed E-state index contributed by atoms with van der Waals surface area (Å²) < 4.78 is 21.3. The first kappa shape index (κ1) is 32.2. The Morgan fingerprint density at radius 3 is 2.27 bits per heavy atom. The minimum Gasteiger partial charge on any atom is -0.497 e. The first-order chi connectivity index (χ1) is 19.9. The lowest BCUT2D eigenvalue weighted by atomic mass is 9.93. The van der Waals surface area contributed by atoms with Gasteiger partial charge in [0.15, 0.2) is 4.93 Å². The van der Waals surface area contributed by atoms with E-state index in [9.17, 15) is 14.7 Å². The highest BCUT2D eigenvalue weighted by Gasteiger charge is 2.40. The molecule has 1 aliphatic rings. The van der Waals surface area contributed by atoms with Gasteiger partial charge in [0.25, 0.3) is 0 Å². The average molecular weight is 580 g/mol. The minimum atomic E-state index is -1.33. The second kappa shape index (κ2) is 16.8. The van der Waals surface area contributed by atoms with Crippen LogP contribution in [0.25, 0.3) is 0 Å². The molecule has 0 saturated heterocycles. The number of esters is 1. The zero-order chi connectivity index (χ0) is 29.5. The van der Waals surface area contributed by atoms with Crippen LogP contribution in [-0.2, 0) is 25.5 Å². The molecule has 41 heavy (non-hydrogen) atoms. The van der Waals surface area contributed by atoms with Crippen molar-refractivity contribution in [1.82, 2.24) is 0 Å². The second-order valence-corrected chi connectivity index (χ2v) is 10.9. The van der Waals surface area contributed by atoms with Crippen molar-refractivity contribution in [3.63, 3.8) is 0 Å². The van der Waals surface area contributed by atoms with E-state index < -0.39 is 22.8 Å². The SMILES string of the molecule is C=C(C(=O)O)C1(OCCCCCCCCc2ccc(OC)cc2)C=CC(C(C(=O)OCCC)c2ccccc2)=NS1. The molecule has 0 bridgehead atoms. The van der Waals surface area contributed by atoms with Gasteiger partial charge in [-0.05, 0) is 61.1 Å². The lowest BCUT2D eigenvalue weighted by Gasteiger charge is -2.31. The summed E-state index contributed by atoms with van der Waals surface area (Å²) in [4.78, 5) is 23.5. The molecule has 0 fully saturated rings. The van der Waals surface area contributed by atoms with Crippen LogP contribution >= 0.6 is 11.9 Å². The molecule has 0 spiro atoms. The molecule has 0 saturated carbocycles. The number of benzene rings is 2. The first-order valence-electron chi connectivity index (χ1n) is 14.3. The van der Waals surface area contributed by atoms with Crippen molar-refractivity contribution in [3.05, 3.63) is 90.0 Å². The third kappa shape index (κ3) is 9.61. The lowest BCUT2D eigenvalue weighted by molar-refractivity contribution is -0.143. The normalized spacial score (nSPS) is 17.0. The summed E-state index contributed by atoms with van der Waals surface area (Å²) in [6.07, 6.45) is 11.4. The largest absolute Gasteiger partial charge is 0.497 e. The van der Waals surface area contributed by atoms with Crippen molar-refractivity contribution >= 4 is 29.6 Å². The number of allylic oxidation sites excluding steroid dienone is 1. The fraction of sp³-hybridized carbons (Fsp3) is 0.424. The van der Waals surface area contributed by atoms with Gasteiger partial charge in [0.2, 0.25) is 0 Å². The Hall–Kier alpha value is -3.36. The number of nitrogens with zero attached hydrogens (tertiary/aromatic N) is 1. The van der Waals surface area contributed by atoms with Crippen LogP contribution in [0.1, 0.15) is 68.9 Å². The van der Waals surface area contributed by atoms with Crippen molar-refractivity contribution in [2.45, 2.75) is 69.1 Å². The number of rotatable bonds is 18. The minimum absolute atomic E-state index is 0.107. The number of hydrogen-bond acceptors (Lipinski definition) is 7. The first-order valence-corrected chi connectivity index (χ1v) is 15.0. The maximum absolute atomic E-state index is 12.9. The Morgan fingerprint density at radius 1 is 0.976 bits per heavy atom. The Morgan fingerprint density at radius 2 is 1.66 bits per heavy atom. The van der Waals surface area contributed by atoms with Gasteiger partial charge in [-0.3, -0.25) is 4.79 Å². The summed E-state index contributed by atoms with van der Waals surface area (Å²) in [6, 6.07) is 17.5. The highest BCUT2D eigenvalue weighted by Crippen LogP contribution is 2.41. The van der Waals surface area contributed by atoms with E-state index in [2.05, 4.69) is 23.1 Å². The van der Waals surface area contributed by atoms with Crippen LogP contribution in [0.4, 0.5) is 0 Å². The number of carbonyl (C=O) groups is 2. The van der Waals surface area contributed by atoms with Gasteiger partial charge < -0.3 is 19.3 Å². The summed E-state index contributed by atoms with van der Waals surface area (Å²) in [6.45, 7) is 6.40. The molecular formula is C33H41NO6S. The van der Waals surface area contributed by atoms with Crippen molar-refractivity contribution < 1.29 is 28.9 Å². The summed E-state index contributed by atoms with van der Waals surface area (Å²) in [7, 11) is 1.67. The molecule has 1 aliphatic heterocycles. The number of carboxylic acids is 1. The third-order valence-electron chi connectivity index (χ3n) is 6.89. The number of carboxylic acid groups (broad SMARTS) is 1. The van der Waals surface area contributed by atoms with Gasteiger partial charge in [-0.1, -0.05) is 81.7 Å². The smallest absolute Gasteiger partial charge is 0.335 e. The summed E-state index contributed by atoms with van der Waals surface area (Å²) in [5, 5.41) is 9.71. The van der Waals surface area contributed by atoms with E-state index in [4.69, 9.17) is 14.2 Å². The molecule has 7 nitrogen and oxygen atoms in total. The summed E-state index contributed by atoms with van der Waals surface area (Å²) in [5.41, 5.74) is 2.45.